The number of amides is 1. The summed E-state index contributed by atoms with van der Waals surface area (Å²) in [5.41, 5.74) is 0.923. The topological polar surface area (TPSA) is 66.5 Å². The van der Waals surface area contributed by atoms with Crippen LogP contribution in [0.2, 0.25) is 0 Å². The van der Waals surface area contributed by atoms with Gasteiger partial charge in [-0.2, -0.15) is 4.31 Å². The Bertz CT molecular complexity index is 630. The van der Waals surface area contributed by atoms with E-state index in [1.807, 2.05) is 0 Å². The summed E-state index contributed by atoms with van der Waals surface area (Å²) in [7, 11) is -3.37. The Morgan fingerprint density at radius 1 is 1.09 bits per heavy atom. The number of benzene rings is 1. The number of sulfonamides is 1. The second-order valence-corrected chi connectivity index (χ2v) is 8.04. The van der Waals surface area contributed by atoms with Crippen molar-refractivity contribution >= 4 is 15.9 Å². The Labute approximate surface area is 131 Å². The summed E-state index contributed by atoms with van der Waals surface area (Å²) in [6.07, 6.45) is 4.94. The quantitative estimate of drug-likeness (QED) is 0.900. The van der Waals surface area contributed by atoms with Crippen molar-refractivity contribution in [2.75, 3.05) is 13.1 Å². The van der Waals surface area contributed by atoms with Gasteiger partial charge >= 0.3 is 0 Å². The van der Waals surface area contributed by atoms with Gasteiger partial charge in [0, 0.05) is 25.6 Å². The minimum atomic E-state index is -3.37. The van der Waals surface area contributed by atoms with E-state index in [4.69, 9.17) is 0 Å². The normalized spacial score (nSPS) is 19.8. The molecule has 1 amide bonds. The molecule has 3 rings (SSSR count). The van der Waals surface area contributed by atoms with Gasteiger partial charge in [0.2, 0.25) is 15.9 Å². The van der Waals surface area contributed by atoms with Crippen LogP contribution in [0.5, 0.6) is 0 Å². The molecular weight excluding hydrogens is 300 g/mol. The third kappa shape index (κ3) is 3.50. The predicted molar refractivity (Wildman–Crippen MR) is 83.6 cm³/mol. The molecule has 5 nitrogen and oxygen atoms in total. The van der Waals surface area contributed by atoms with Gasteiger partial charge < -0.3 is 5.32 Å². The van der Waals surface area contributed by atoms with E-state index in [2.05, 4.69) is 5.32 Å². The maximum atomic E-state index is 12.5. The van der Waals surface area contributed by atoms with Crippen LogP contribution in [0.3, 0.4) is 0 Å². The van der Waals surface area contributed by atoms with Gasteiger partial charge in [-0.05, 0) is 43.4 Å². The van der Waals surface area contributed by atoms with E-state index in [-0.39, 0.29) is 11.8 Å². The summed E-state index contributed by atoms with van der Waals surface area (Å²) in [5.74, 6) is 0.295. The molecule has 22 heavy (non-hydrogen) atoms. The number of nitrogens with one attached hydrogen (secondary N) is 1. The lowest BCUT2D eigenvalue weighted by atomic mass is 10.2. The van der Waals surface area contributed by atoms with Gasteiger partial charge in [0.25, 0.3) is 0 Å². The van der Waals surface area contributed by atoms with Crippen molar-refractivity contribution in [2.45, 2.75) is 43.5 Å². The second-order valence-electron chi connectivity index (χ2n) is 6.10. The van der Waals surface area contributed by atoms with Crippen LogP contribution in [-0.2, 0) is 21.4 Å². The van der Waals surface area contributed by atoms with Crippen LogP contribution in [0.4, 0.5) is 0 Å². The van der Waals surface area contributed by atoms with Crippen LogP contribution in [0.25, 0.3) is 0 Å². The third-order valence-corrected chi connectivity index (χ3v) is 6.20. The highest BCUT2D eigenvalue weighted by molar-refractivity contribution is 7.89. The number of hydrogen-bond acceptors (Lipinski definition) is 3. The van der Waals surface area contributed by atoms with Crippen LogP contribution in [-0.4, -0.2) is 31.7 Å². The van der Waals surface area contributed by atoms with Gasteiger partial charge in [0.1, 0.15) is 0 Å². The molecule has 6 heteroatoms. The molecule has 1 N–H and O–H groups in total. The lowest BCUT2D eigenvalue weighted by molar-refractivity contribution is -0.122. The van der Waals surface area contributed by atoms with Gasteiger partial charge in [0.05, 0.1) is 4.90 Å². The lowest BCUT2D eigenvalue weighted by Gasteiger charge is -2.25. The van der Waals surface area contributed by atoms with Crippen molar-refractivity contribution < 1.29 is 13.2 Å². The molecule has 1 aliphatic heterocycles. The third-order valence-electron chi connectivity index (χ3n) is 4.29. The molecule has 1 aromatic carbocycles. The van der Waals surface area contributed by atoms with E-state index in [1.54, 1.807) is 28.6 Å². The van der Waals surface area contributed by atoms with E-state index in [9.17, 15) is 13.2 Å². The van der Waals surface area contributed by atoms with E-state index >= 15 is 0 Å². The van der Waals surface area contributed by atoms with Crippen LogP contribution in [0.15, 0.2) is 29.2 Å². The summed E-state index contributed by atoms with van der Waals surface area (Å²) in [6.45, 7) is 1.68. The molecule has 1 aromatic rings. The Morgan fingerprint density at radius 3 is 2.32 bits per heavy atom. The lowest BCUT2D eigenvalue weighted by Crippen LogP contribution is -2.35. The number of rotatable bonds is 5. The minimum Gasteiger partial charge on any atom is -0.352 e. The first-order valence-electron chi connectivity index (χ1n) is 7.94. The molecule has 1 aliphatic carbocycles. The summed E-state index contributed by atoms with van der Waals surface area (Å²) in [6, 6.07) is 6.85. The highest BCUT2D eigenvalue weighted by atomic mass is 32.2. The Balaban J connectivity index is 1.63. The average molecular weight is 322 g/mol. The Kier molecular flexibility index (Phi) is 4.49. The molecule has 120 valence electrons. The molecule has 2 fully saturated rings. The van der Waals surface area contributed by atoms with Crippen molar-refractivity contribution in [3.05, 3.63) is 29.8 Å². The second kappa shape index (κ2) is 6.38. The highest BCUT2D eigenvalue weighted by Crippen LogP contribution is 2.28. The van der Waals surface area contributed by atoms with Gasteiger partial charge in [-0.25, -0.2) is 8.42 Å². The fourth-order valence-electron chi connectivity index (χ4n) is 2.71. The monoisotopic (exact) mass is 322 g/mol. The number of hydrogen-bond donors (Lipinski definition) is 1. The van der Waals surface area contributed by atoms with Crippen molar-refractivity contribution in [1.82, 2.24) is 9.62 Å². The number of carbonyl (C=O) groups is 1. The fourth-order valence-corrected chi connectivity index (χ4v) is 4.23. The molecule has 0 unspecified atom stereocenters. The summed E-state index contributed by atoms with van der Waals surface area (Å²) in [5, 5.41) is 2.88. The van der Waals surface area contributed by atoms with Gasteiger partial charge in [-0.1, -0.05) is 18.6 Å². The molecule has 0 bridgehead atoms. The standard InChI is InChI=1S/C16H22N2O3S/c19-16(14-6-7-14)17-12-13-4-8-15(9-5-13)22(20,21)18-10-2-1-3-11-18/h4-5,8-9,14H,1-3,6-7,10-12H2,(H,17,19). The first kappa shape index (κ1) is 15.5. The molecule has 0 aromatic heterocycles. The maximum absolute atomic E-state index is 12.5. The van der Waals surface area contributed by atoms with Crippen LogP contribution in [0, 0.1) is 5.92 Å². The first-order chi connectivity index (χ1) is 10.6. The zero-order valence-corrected chi connectivity index (χ0v) is 13.4. The molecule has 0 atom stereocenters. The average Bonchev–Trinajstić information content (AvgIpc) is 3.39. The van der Waals surface area contributed by atoms with Crippen LogP contribution >= 0.6 is 0 Å². The van der Waals surface area contributed by atoms with Crippen molar-refractivity contribution in [3.63, 3.8) is 0 Å². The summed E-state index contributed by atoms with van der Waals surface area (Å²) < 4.78 is 26.6. The molecular formula is C16H22N2O3S. The zero-order valence-electron chi connectivity index (χ0n) is 12.6. The summed E-state index contributed by atoms with van der Waals surface area (Å²) >= 11 is 0. The maximum Gasteiger partial charge on any atom is 0.243 e. The fraction of sp³-hybridized carbons (Fsp3) is 0.562. The van der Waals surface area contributed by atoms with Crippen molar-refractivity contribution in [2.24, 2.45) is 5.92 Å². The Morgan fingerprint density at radius 2 is 1.73 bits per heavy atom. The van der Waals surface area contributed by atoms with Crippen LogP contribution in [0.1, 0.15) is 37.7 Å². The SMILES string of the molecule is O=C(NCc1ccc(S(=O)(=O)N2CCCCC2)cc1)C1CC1. The van der Waals surface area contributed by atoms with Crippen molar-refractivity contribution in [1.29, 1.82) is 0 Å². The smallest absolute Gasteiger partial charge is 0.243 e. The summed E-state index contributed by atoms with van der Waals surface area (Å²) in [4.78, 5) is 11.9. The number of piperidine rings is 1. The highest BCUT2D eigenvalue weighted by Gasteiger charge is 2.29. The molecule has 1 saturated carbocycles. The largest absolute Gasteiger partial charge is 0.352 e. The van der Waals surface area contributed by atoms with Gasteiger partial charge in [-0.3, -0.25) is 4.79 Å². The van der Waals surface area contributed by atoms with E-state index in [0.717, 1.165) is 37.7 Å². The van der Waals surface area contributed by atoms with E-state index in [0.29, 0.717) is 24.5 Å². The van der Waals surface area contributed by atoms with Gasteiger partial charge in [-0.15, -0.1) is 0 Å². The number of nitrogens with zero attached hydrogens (tertiary/aromatic N) is 1. The minimum absolute atomic E-state index is 0.102. The predicted octanol–water partition coefficient (Wildman–Crippen LogP) is 1.89. The van der Waals surface area contributed by atoms with Crippen LogP contribution < -0.4 is 5.32 Å². The van der Waals surface area contributed by atoms with Crippen molar-refractivity contribution in [3.8, 4) is 0 Å². The molecule has 1 saturated heterocycles. The van der Waals surface area contributed by atoms with E-state index < -0.39 is 10.0 Å². The number of carbonyl (C=O) groups excluding carboxylic acids is 1. The van der Waals surface area contributed by atoms with Gasteiger partial charge in [0.15, 0.2) is 0 Å². The van der Waals surface area contributed by atoms with E-state index in [1.165, 1.54) is 0 Å². The molecule has 2 aliphatic rings. The Hall–Kier alpha value is -1.40. The zero-order chi connectivity index (χ0) is 15.6. The first-order valence-corrected chi connectivity index (χ1v) is 9.38. The molecule has 0 radical (unpaired) electrons. The molecule has 0 spiro atoms. The molecule has 1 heterocycles.